The molecular weight excluding hydrogens is 209 g/mol. The van der Waals surface area contributed by atoms with Crippen LogP contribution in [-0.4, -0.2) is 29.6 Å². The van der Waals surface area contributed by atoms with Crippen LogP contribution in [0.5, 0.6) is 0 Å². The Morgan fingerprint density at radius 2 is 1.27 bits per heavy atom. The van der Waals surface area contributed by atoms with Gasteiger partial charge in [-0.05, 0) is 6.42 Å². The average molecular weight is 230 g/mol. The van der Waals surface area contributed by atoms with Gasteiger partial charge in [0, 0.05) is 6.61 Å². The van der Waals surface area contributed by atoms with Gasteiger partial charge in [-0.1, -0.05) is 39.0 Å². The highest BCUT2D eigenvalue weighted by Gasteiger charge is 2.24. The quantitative estimate of drug-likeness (QED) is 0.689. The molecule has 0 atom stereocenters. The number of aliphatic hydroxyl groups is 2. The smallest absolute Gasteiger partial charge is 0.396 e. The molecule has 0 amide bonds. The molecule has 0 aromatic rings. The Labute approximate surface area is 89.1 Å². The van der Waals surface area contributed by atoms with Crippen LogP contribution in [0.1, 0.15) is 45.4 Å². The molecule has 2 nitrogen and oxygen atoms in total. The van der Waals surface area contributed by atoms with Gasteiger partial charge in [-0.25, -0.2) is 0 Å². The highest BCUT2D eigenvalue weighted by Crippen LogP contribution is 2.11. The largest absolute Gasteiger partial charge is 0.411 e. The van der Waals surface area contributed by atoms with Crippen molar-refractivity contribution in [3.05, 3.63) is 0 Å². The van der Waals surface area contributed by atoms with E-state index in [1.165, 1.54) is 32.1 Å². The van der Waals surface area contributed by atoms with Gasteiger partial charge < -0.3 is 10.2 Å². The first kappa shape index (κ1) is 17.1. The lowest BCUT2D eigenvalue weighted by Gasteiger charge is -1.95. The van der Waals surface area contributed by atoms with Gasteiger partial charge in [0.25, 0.3) is 0 Å². The second-order valence-corrected chi connectivity index (χ2v) is 3.26. The normalized spacial score (nSPS) is 10.8. The van der Waals surface area contributed by atoms with E-state index in [0.717, 1.165) is 6.42 Å². The Morgan fingerprint density at radius 1 is 0.867 bits per heavy atom. The van der Waals surface area contributed by atoms with Gasteiger partial charge >= 0.3 is 6.18 Å². The number of alkyl halides is 3. The molecule has 0 aliphatic carbocycles. The fourth-order valence-corrected chi connectivity index (χ4v) is 0.892. The van der Waals surface area contributed by atoms with E-state index in [2.05, 4.69) is 6.92 Å². The van der Waals surface area contributed by atoms with Crippen LogP contribution in [0.2, 0.25) is 0 Å². The van der Waals surface area contributed by atoms with Gasteiger partial charge in [0.2, 0.25) is 0 Å². The predicted octanol–water partition coefficient (Wildman–Crippen LogP) is 2.88. The molecule has 0 bridgehead atoms. The van der Waals surface area contributed by atoms with Crippen molar-refractivity contribution in [3.63, 3.8) is 0 Å². The molecule has 0 radical (unpaired) electrons. The third-order valence-corrected chi connectivity index (χ3v) is 1.69. The summed E-state index contributed by atoms with van der Waals surface area (Å²) in [4.78, 5) is 0. The number of hydrogen-bond acceptors (Lipinski definition) is 2. The van der Waals surface area contributed by atoms with Crippen LogP contribution in [0, 0.1) is 0 Å². The standard InChI is InChI=1S/C8H18O.C2H3F3O/c1-2-3-4-5-6-7-8-9;3-2(4,5)1-6/h9H,2-8H2,1H3;6H,1H2. The summed E-state index contributed by atoms with van der Waals surface area (Å²) in [7, 11) is 0. The SMILES string of the molecule is CCCCCCCCO.OCC(F)(F)F. The molecule has 0 aliphatic rings. The lowest BCUT2D eigenvalue weighted by molar-refractivity contribution is -0.159. The van der Waals surface area contributed by atoms with Crippen LogP contribution < -0.4 is 0 Å². The maximum Gasteiger partial charge on any atom is 0.411 e. The molecule has 0 aromatic heterocycles. The Hall–Kier alpha value is -0.290. The molecule has 0 heterocycles. The summed E-state index contributed by atoms with van der Waals surface area (Å²) < 4.78 is 31.6. The van der Waals surface area contributed by atoms with Crippen molar-refractivity contribution in [1.82, 2.24) is 0 Å². The second kappa shape index (κ2) is 11.8. The van der Waals surface area contributed by atoms with Crippen LogP contribution in [0.15, 0.2) is 0 Å². The predicted molar refractivity (Wildman–Crippen MR) is 53.6 cm³/mol. The summed E-state index contributed by atoms with van der Waals surface area (Å²) in [5, 5.41) is 15.7. The highest BCUT2D eigenvalue weighted by molar-refractivity contribution is 4.41. The molecular formula is C10H21F3O2. The molecule has 0 spiro atoms. The summed E-state index contributed by atoms with van der Waals surface area (Å²) >= 11 is 0. The van der Waals surface area contributed by atoms with Crippen molar-refractivity contribution < 1.29 is 23.4 Å². The van der Waals surface area contributed by atoms with Crippen molar-refractivity contribution in [3.8, 4) is 0 Å². The van der Waals surface area contributed by atoms with E-state index in [1.807, 2.05) is 0 Å². The number of unbranched alkanes of at least 4 members (excludes halogenated alkanes) is 5. The first-order valence-electron chi connectivity index (χ1n) is 5.26. The van der Waals surface area contributed by atoms with Crippen LogP contribution in [-0.2, 0) is 0 Å². The number of rotatable bonds is 6. The van der Waals surface area contributed by atoms with Gasteiger partial charge in [0.05, 0.1) is 0 Å². The van der Waals surface area contributed by atoms with E-state index in [4.69, 9.17) is 10.2 Å². The highest BCUT2D eigenvalue weighted by atomic mass is 19.4. The van der Waals surface area contributed by atoms with E-state index in [9.17, 15) is 13.2 Å². The molecule has 0 fully saturated rings. The minimum Gasteiger partial charge on any atom is -0.396 e. The van der Waals surface area contributed by atoms with Gasteiger partial charge in [0.15, 0.2) is 0 Å². The zero-order valence-corrected chi connectivity index (χ0v) is 9.19. The second-order valence-electron chi connectivity index (χ2n) is 3.26. The Balaban J connectivity index is 0. The number of hydrogen-bond donors (Lipinski definition) is 2. The van der Waals surface area contributed by atoms with Crippen molar-refractivity contribution >= 4 is 0 Å². The molecule has 0 unspecified atom stereocenters. The molecule has 0 saturated carbocycles. The van der Waals surface area contributed by atoms with E-state index in [-0.39, 0.29) is 0 Å². The first-order chi connectivity index (χ1) is 6.97. The third kappa shape index (κ3) is 24.8. The molecule has 0 aliphatic heterocycles. The van der Waals surface area contributed by atoms with E-state index < -0.39 is 12.8 Å². The molecule has 5 heteroatoms. The topological polar surface area (TPSA) is 40.5 Å². The van der Waals surface area contributed by atoms with Gasteiger partial charge in [-0.3, -0.25) is 0 Å². The number of halogens is 3. The van der Waals surface area contributed by atoms with Gasteiger partial charge in [0.1, 0.15) is 6.61 Å². The summed E-state index contributed by atoms with van der Waals surface area (Å²) in [6.07, 6.45) is 3.09. The Morgan fingerprint density at radius 3 is 1.60 bits per heavy atom. The molecule has 0 saturated heterocycles. The molecule has 15 heavy (non-hydrogen) atoms. The molecule has 94 valence electrons. The fraction of sp³-hybridized carbons (Fsp3) is 1.00. The molecule has 0 rings (SSSR count). The van der Waals surface area contributed by atoms with E-state index in [1.54, 1.807) is 0 Å². The zero-order chi connectivity index (χ0) is 12.2. The fourth-order valence-electron chi connectivity index (χ4n) is 0.892. The van der Waals surface area contributed by atoms with E-state index in [0.29, 0.717) is 6.61 Å². The maximum absolute atomic E-state index is 10.5. The third-order valence-electron chi connectivity index (χ3n) is 1.69. The minimum atomic E-state index is -4.40. The number of aliphatic hydroxyl groups excluding tert-OH is 2. The zero-order valence-electron chi connectivity index (χ0n) is 9.19. The van der Waals surface area contributed by atoms with Crippen molar-refractivity contribution in [2.45, 2.75) is 51.6 Å². The summed E-state index contributed by atoms with van der Waals surface area (Å²) in [6.45, 7) is 0.852. The van der Waals surface area contributed by atoms with Crippen LogP contribution in [0.3, 0.4) is 0 Å². The first-order valence-corrected chi connectivity index (χ1v) is 5.26. The summed E-state index contributed by atoms with van der Waals surface area (Å²) in [5.74, 6) is 0. The Kier molecular flexibility index (Phi) is 13.4. The van der Waals surface area contributed by atoms with Crippen molar-refractivity contribution in [2.24, 2.45) is 0 Å². The van der Waals surface area contributed by atoms with E-state index >= 15 is 0 Å². The minimum absolute atomic E-state index is 0.367. The van der Waals surface area contributed by atoms with Gasteiger partial charge in [-0.15, -0.1) is 0 Å². The van der Waals surface area contributed by atoms with Crippen LogP contribution >= 0.6 is 0 Å². The van der Waals surface area contributed by atoms with Crippen LogP contribution in [0.4, 0.5) is 13.2 Å². The maximum atomic E-state index is 10.5. The lowest BCUT2D eigenvalue weighted by atomic mass is 10.1. The van der Waals surface area contributed by atoms with Crippen molar-refractivity contribution in [2.75, 3.05) is 13.2 Å². The van der Waals surface area contributed by atoms with Crippen molar-refractivity contribution in [1.29, 1.82) is 0 Å². The van der Waals surface area contributed by atoms with Crippen LogP contribution in [0.25, 0.3) is 0 Å². The monoisotopic (exact) mass is 230 g/mol. The molecule has 2 N–H and O–H groups in total. The Bertz CT molecular complexity index is 110. The lowest BCUT2D eigenvalue weighted by Crippen LogP contribution is -2.12. The van der Waals surface area contributed by atoms with Gasteiger partial charge in [-0.2, -0.15) is 13.2 Å². The molecule has 0 aromatic carbocycles. The average Bonchev–Trinajstić information content (AvgIpc) is 2.18. The summed E-state index contributed by atoms with van der Waals surface area (Å²) in [6, 6.07) is 0. The summed E-state index contributed by atoms with van der Waals surface area (Å²) in [5.41, 5.74) is 0.